The smallest absolute Gasteiger partial charge is 0.234 e. The SMILES string of the molecule is Cc1ccccc1Nc1ccccc1NC(=O)CS. The van der Waals surface area contributed by atoms with Gasteiger partial charge < -0.3 is 10.6 Å². The summed E-state index contributed by atoms with van der Waals surface area (Å²) in [6.07, 6.45) is 0. The molecule has 19 heavy (non-hydrogen) atoms. The number of benzene rings is 2. The Labute approximate surface area is 118 Å². The first kappa shape index (κ1) is 13.5. The van der Waals surface area contributed by atoms with Crippen molar-refractivity contribution in [1.82, 2.24) is 0 Å². The Morgan fingerprint density at radius 2 is 1.58 bits per heavy atom. The van der Waals surface area contributed by atoms with Crippen molar-refractivity contribution in [2.75, 3.05) is 16.4 Å². The van der Waals surface area contributed by atoms with E-state index in [1.54, 1.807) is 0 Å². The minimum atomic E-state index is -0.123. The molecule has 0 radical (unpaired) electrons. The molecule has 0 fully saturated rings. The summed E-state index contributed by atoms with van der Waals surface area (Å²) in [5.41, 5.74) is 3.80. The molecule has 0 aliphatic heterocycles. The molecule has 4 heteroatoms. The van der Waals surface area contributed by atoms with E-state index in [2.05, 4.69) is 23.3 Å². The number of amides is 1. The van der Waals surface area contributed by atoms with Gasteiger partial charge in [0.25, 0.3) is 0 Å². The first-order valence-electron chi connectivity index (χ1n) is 6.03. The van der Waals surface area contributed by atoms with E-state index in [1.165, 1.54) is 0 Å². The van der Waals surface area contributed by atoms with Crippen molar-refractivity contribution in [2.45, 2.75) is 6.92 Å². The molecule has 0 unspecified atom stereocenters. The standard InChI is InChI=1S/C15H16N2OS/c1-11-6-2-3-7-12(11)16-13-8-4-5-9-14(13)17-15(18)10-19/h2-9,16,19H,10H2,1H3,(H,17,18). The highest BCUT2D eigenvalue weighted by molar-refractivity contribution is 7.81. The van der Waals surface area contributed by atoms with Gasteiger partial charge in [0, 0.05) is 5.69 Å². The van der Waals surface area contributed by atoms with Gasteiger partial charge in [0.2, 0.25) is 5.91 Å². The maximum absolute atomic E-state index is 11.4. The normalized spacial score (nSPS) is 10.0. The molecule has 2 aromatic rings. The quantitative estimate of drug-likeness (QED) is 0.744. The number of thiol groups is 1. The summed E-state index contributed by atoms with van der Waals surface area (Å²) in [5.74, 6) is 0.0426. The van der Waals surface area contributed by atoms with Gasteiger partial charge in [0.1, 0.15) is 0 Å². The highest BCUT2D eigenvalue weighted by Gasteiger charge is 2.06. The molecular weight excluding hydrogens is 256 g/mol. The number of para-hydroxylation sites is 3. The minimum Gasteiger partial charge on any atom is -0.354 e. The summed E-state index contributed by atoms with van der Waals surface area (Å²) < 4.78 is 0. The summed E-state index contributed by atoms with van der Waals surface area (Å²) in [6.45, 7) is 2.04. The van der Waals surface area contributed by atoms with Crippen LogP contribution >= 0.6 is 12.6 Å². The third-order valence-corrected chi connectivity index (χ3v) is 3.05. The minimum absolute atomic E-state index is 0.123. The highest BCUT2D eigenvalue weighted by Crippen LogP contribution is 2.26. The summed E-state index contributed by atoms with van der Waals surface area (Å²) in [5, 5.41) is 6.15. The molecule has 2 aromatic carbocycles. The van der Waals surface area contributed by atoms with E-state index in [4.69, 9.17) is 0 Å². The zero-order valence-corrected chi connectivity index (χ0v) is 11.6. The van der Waals surface area contributed by atoms with Crippen LogP contribution in [0.5, 0.6) is 0 Å². The molecule has 0 atom stereocenters. The predicted octanol–water partition coefficient (Wildman–Crippen LogP) is 3.61. The van der Waals surface area contributed by atoms with E-state index in [0.29, 0.717) is 0 Å². The van der Waals surface area contributed by atoms with Crippen LogP contribution in [0.2, 0.25) is 0 Å². The summed E-state index contributed by atoms with van der Waals surface area (Å²) in [7, 11) is 0. The zero-order chi connectivity index (χ0) is 13.7. The van der Waals surface area contributed by atoms with Crippen molar-refractivity contribution in [3.63, 3.8) is 0 Å². The monoisotopic (exact) mass is 272 g/mol. The average Bonchev–Trinajstić information content (AvgIpc) is 2.43. The number of anilines is 3. The number of carbonyl (C=O) groups is 1. The second-order valence-corrected chi connectivity index (χ2v) is 4.51. The van der Waals surface area contributed by atoms with Crippen LogP contribution in [0.15, 0.2) is 48.5 Å². The van der Waals surface area contributed by atoms with E-state index < -0.39 is 0 Å². The second kappa shape index (κ2) is 6.29. The molecule has 3 nitrogen and oxygen atoms in total. The molecule has 0 heterocycles. The molecule has 1 amide bonds. The molecule has 98 valence electrons. The first-order valence-corrected chi connectivity index (χ1v) is 6.66. The lowest BCUT2D eigenvalue weighted by Crippen LogP contribution is -2.13. The lowest BCUT2D eigenvalue weighted by molar-refractivity contribution is -0.113. The molecule has 0 saturated carbocycles. The number of nitrogens with one attached hydrogen (secondary N) is 2. The van der Waals surface area contributed by atoms with Crippen molar-refractivity contribution >= 4 is 35.6 Å². The van der Waals surface area contributed by atoms with Gasteiger partial charge in [-0.05, 0) is 30.7 Å². The van der Waals surface area contributed by atoms with Crippen molar-refractivity contribution in [2.24, 2.45) is 0 Å². The van der Waals surface area contributed by atoms with Crippen molar-refractivity contribution in [3.8, 4) is 0 Å². The molecule has 0 saturated heterocycles. The number of hydrogen-bond acceptors (Lipinski definition) is 3. The Morgan fingerprint density at radius 3 is 2.21 bits per heavy atom. The largest absolute Gasteiger partial charge is 0.354 e. The summed E-state index contributed by atoms with van der Waals surface area (Å²) in [4.78, 5) is 11.4. The van der Waals surface area contributed by atoms with Crippen LogP contribution in [0.4, 0.5) is 17.1 Å². The van der Waals surface area contributed by atoms with Crippen LogP contribution in [0.25, 0.3) is 0 Å². The lowest BCUT2D eigenvalue weighted by Gasteiger charge is -2.14. The molecular formula is C15H16N2OS. The van der Waals surface area contributed by atoms with Gasteiger partial charge in [-0.15, -0.1) is 0 Å². The third-order valence-electron chi connectivity index (χ3n) is 2.76. The lowest BCUT2D eigenvalue weighted by atomic mass is 10.2. The van der Waals surface area contributed by atoms with Crippen LogP contribution < -0.4 is 10.6 Å². The van der Waals surface area contributed by atoms with Gasteiger partial charge in [-0.25, -0.2) is 0 Å². The molecule has 0 bridgehead atoms. The molecule has 2 rings (SSSR count). The van der Waals surface area contributed by atoms with E-state index in [0.717, 1.165) is 22.6 Å². The molecule has 0 aliphatic carbocycles. The maximum atomic E-state index is 11.4. The van der Waals surface area contributed by atoms with Crippen LogP contribution in [-0.4, -0.2) is 11.7 Å². The van der Waals surface area contributed by atoms with Crippen molar-refractivity contribution < 1.29 is 4.79 Å². The first-order chi connectivity index (χ1) is 9.20. The molecule has 2 N–H and O–H groups in total. The summed E-state index contributed by atoms with van der Waals surface area (Å²) in [6, 6.07) is 15.6. The predicted molar refractivity (Wildman–Crippen MR) is 83.4 cm³/mol. The Morgan fingerprint density at radius 1 is 1.00 bits per heavy atom. The maximum Gasteiger partial charge on any atom is 0.234 e. The molecule has 0 spiro atoms. The zero-order valence-electron chi connectivity index (χ0n) is 10.7. The van der Waals surface area contributed by atoms with Gasteiger partial charge in [-0.2, -0.15) is 12.6 Å². The van der Waals surface area contributed by atoms with Gasteiger partial charge >= 0.3 is 0 Å². The number of carbonyl (C=O) groups excluding carboxylic acids is 1. The van der Waals surface area contributed by atoms with E-state index in [-0.39, 0.29) is 11.7 Å². The number of hydrogen-bond donors (Lipinski definition) is 3. The van der Waals surface area contributed by atoms with Crippen LogP contribution in [0.3, 0.4) is 0 Å². The van der Waals surface area contributed by atoms with Crippen molar-refractivity contribution in [1.29, 1.82) is 0 Å². The third kappa shape index (κ3) is 3.51. The topological polar surface area (TPSA) is 41.1 Å². The van der Waals surface area contributed by atoms with Gasteiger partial charge in [-0.1, -0.05) is 30.3 Å². The average molecular weight is 272 g/mol. The molecule has 0 aliphatic rings. The fourth-order valence-electron chi connectivity index (χ4n) is 1.75. The van der Waals surface area contributed by atoms with E-state index in [1.807, 2.05) is 55.5 Å². The Balaban J connectivity index is 2.25. The second-order valence-electron chi connectivity index (χ2n) is 4.19. The highest BCUT2D eigenvalue weighted by atomic mass is 32.1. The fourth-order valence-corrected chi connectivity index (χ4v) is 1.83. The molecule has 0 aromatic heterocycles. The Hall–Kier alpha value is -1.94. The van der Waals surface area contributed by atoms with E-state index in [9.17, 15) is 4.79 Å². The van der Waals surface area contributed by atoms with Crippen LogP contribution in [0.1, 0.15) is 5.56 Å². The van der Waals surface area contributed by atoms with Gasteiger partial charge in [-0.3, -0.25) is 4.79 Å². The van der Waals surface area contributed by atoms with Gasteiger partial charge in [0.05, 0.1) is 17.1 Å². The Kier molecular flexibility index (Phi) is 4.47. The van der Waals surface area contributed by atoms with Crippen LogP contribution in [-0.2, 0) is 4.79 Å². The summed E-state index contributed by atoms with van der Waals surface area (Å²) >= 11 is 3.96. The van der Waals surface area contributed by atoms with Crippen LogP contribution in [0, 0.1) is 6.92 Å². The van der Waals surface area contributed by atoms with Crippen molar-refractivity contribution in [3.05, 3.63) is 54.1 Å². The van der Waals surface area contributed by atoms with Gasteiger partial charge in [0.15, 0.2) is 0 Å². The van der Waals surface area contributed by atoms with E-state index >= 15 is 0 Å². The number of rotatable bonds is 4. The Bertz CT molecular complexity index is 584. The number of aryl methyl sites for hydroxylation is 1. The fraction of sp³-hybridized carbons (Fsp3) is 0.133.